The predicted molar refractivity (Wildman–Crippen MR) is 75.5 cm³/mol. The van der Waals surface area contributed by atoms with Crippen LogP contribution in [0.2, 0.25) is 0 Å². The van der Waals surface area contributed by atoms with Gasteiger partial charge >= 0.3 is 0 Å². The normalized spacial score (nSPS) is 50.0. The van der Waals surface area contributed by atoms with Crippen molar-refractivity contribution < 1.29 is 19.3 Å². The van der Waals surface area contributed by atoms with Crippen LogP contribution in [0.3, 0.4) is 0 Å². The Morgan fingerprint density at radius 1 is 1.45 bits per heavy atom. The number of ether oxygens (including phenoxy) is 3. The molecule has 1 saturated carbocycles. The Bertz CT molecular complexity index is 411. The molecule has 3 rings (SSSR count). The lowest BCUT2D eigenvalue weighted by atomic mass is 9.68. The molecule has 4 nitrogen and oxygen atoms in total. The van der Waals surface area contributed by atoms with Gasteiger partial charge in [-0.25, -0.2) is 0 Å². The Kier molecular flexibility index (Phi) is 3.49. The van der Waals surface area contributed by atoms with Crippen LogP contribution in [0.1, 0.15) is 40.0 Å². The van der Waals surface area contributed by atoms with Gasteiger partial charge in [0, 0.05) is 7.11 Å². The first-order valence-corrected chi connectivity index (χ1v) is 7.59. The highest BCUT2D eigenvalue weighted by Crippen LogP contribution is 2.59. The molecule has 0 amide bonds. The molecule has 0 aromatic carbocycles. The summed E-state index contributed by atoms with van der Waals surface area (Å²) in [6, 6.07) is 0. The Labute approximate surface area is 121 Å². The summed E-state index contributed by atoms with van der Waals surface area (Å²) >= 11 is 0. The van der Waals surface area contributed by atoms with Crippen LogP contribution in [0.4, 0.5) is 0 Å². The molecule has 2 saturated heterocycles. The van der Waals surface area contributed by atoms with Gasteiger partial charge in [0.05, 0.1) is 36.4 Å². The molecule has 114 valence electrons. The number of allylic oxidation sites excluding steroid dienone is 1. The summed E-state index contributed by atoms with van der Waals surface area (Å²) in [7, 11) is 1.68. The first kappa shape index (κ1) is 14.5. The minimum Gasteiger partial charge on any atom is -0.390 e. The fraction of sp³-hybridized carbons (Fsp3) is 0.875. The molecule has 1 N–H and O–H groups in total. The third-order valence-corrected chi connectivity index (χ3v) is 5.26. The van der Waals surface area contributed by atoms with Crippen molar-refractivity contribution in [2.24, 2.45) is 5.92 Å². The van der Waals surface area contributed by atoms with Gasteiger partial charge in [-0.1, -0.05) is 11.6 Å². The quantitative estimate of drug-likeness (QED) is 0.633. The summed E-state index contributed by atoms with van der Waals surface area (Å²) in [5.74, 6) is 0.124. The number of aliphatic hydroxyl groups is 1. The van der Waals surface area contributed by atoms with Crippen molar-refractivity contribution in [3.63, 3.8) is 0 Å². The Hall–Kier alpha value is -0.420. The minimum atomic E-state index is -0.412. The average molecular weight is 282 g/mol. The molecule has 2 heterocycles. The Morgan fingerprint density at radius 3 is 2.70 bits per heavy atom. The monoisotopic (exact) mass is 282 g/mol. The zero-order valence-electron chi connectivity index (χ0n) is 12.9. The van der Waals surface area contributed by atoms with Gasteiger partial charge in [-0.15, -0.1) is 0 Å². The molecule has 3 fully saturated rings. The van der Waals surface area contributed by atoms with Crippen LogP contribution in [0.15, 0.2) is 11.6 Å². The maximum absolute atomic E-state index is 10.2. The summed E-state index contributed by atoms with van der Waals surface area (Å²) in [6.45, 7) is 7.13. The van der Waals surface area contributed by atoms with Gasteiger partial charge in [0.15, 0.2) is 0 Å². The average Bonchev–Trinajstić information content (AvgIpc) is 3.29. The van der Waals surface area contributed by atoms with E-state index in [1.807, 2.05) is 0 Å². The molecule has 1 spiro atoms. The maximum atomic E-state index is 10.2. The largest absolute Gasteiger partial charge is 0.390 e. The van der Waals surface area contributed by atoms with E-state index in [1.54, 1.807) is 7.11 Å². The van der Waals surface area contributed by atoms with E-state index in [1.165, 1.54) is 5.57 Å². The van der Waals surface area contributed by atoms with Crippen LogP contribution in [0.5, 0.6) is 0 Å². The van der Waals surface area contributed by atoms with Gasteiger partial charge in [0.1, 0.15) is 5.60 Å². The highest BCUT2D eigenvalue weighted by atomic mass is 16.6. The van der Waals surface area contributed by atoms with Gasteiger partial charge in [0.2, 0.25) is 0 Å². The van der Waals surface area contributed by atoms with Crippen LogP contribution >= 0.6 is 0 Å². The topological polar surface area (TPSA) is 54.5 Å². The lowest BCUT2D eigenvalue weighted by Crippen LogP contribution is -2.54. The smallest absolute Gasteiger partial charge is 0.101 e. The zero-order valence-corrected chi connectivity index (χ0v) is 12.9. The van der Waals surface area contributed by atoms with Crippen molar-refractivity contribution >= 4 is 0 Å². The van der Waals surface area contributed by atoms with Crippen molar-refractivity contribution in [2.45, 2.75) is 69.5 Å². The lowest BCUT2D eigenvalue weighted by Gasteiger charge is -2.41. The molecular weight excluding hydrogens is 256 g/mol. The van der Waals surface area contributed by atoms with E-state index < -0.39 is 6.10 Å². The second-order valence-electron chi connectivity index (χ2n) is 6.94. The molecule has 0 aromatic rings. The summed E-state index contributed by atoms with van der Waals surface area (Å²) in [4.78, 5) is 0. The molecule has 0 radical (unpaired) electrons. The summed E-state index contributed by atoms with van der Waals surface area (Å²) in [5, 5.41) is 10.2. The second kappa shape index (κ2) is 4.80. The van der Waals surface area contributed by atoms with E-state index in [-0.39, 0.29) is 29.3 Å². The fourth-order valence-corrected chi connectivity index (χ4v) is 3.96. The SMILES string of the molecule is COC1C(O)CC[C@]2(CO2)C1C1(C)OC1CC=C(C)C. The standard InChI is InChI=1S/C16H26O4/c1-10(2)5-6-12-15(3,20-12)14-13(18-4)11(17)7-8-16(14)9-19-16/h5,11-14,17H,6-9H2,1-4H3/t11?,12?,13?,14?,15?,16-/m0/s1. The molecule has 4 heteroatoms. The number of hydrogen-bond donors (Lipinski definition) is 1. The Morgan fingerprint density at radius 2 is 2.15 bits per heavy atom. The van der Waals surface area contributed by atoms with Crippen LogP contribution in [-0.4, -0.2) is 48.3 Å². The van der Waals surface area contributed by atoms with Crippen LogP contribution in [0, 0.1) is 5.92 Å². The second-order valence-corrected chi connectivity index (χ2v) is 6.94. The molecular formula is C16H26O4. The van der Waals surface area contributed by atoms with Crippen molar-refractivity contribution in [3.8, 4) is 0 Å². The first-order chi connectivity index (χ1) is 9.43. The molecule has 3 aliphatic rings. The van der Waals surface area contributed by atoms with Gasteiger partial charge in [-0.2, -0.15) is 0 Å². The zero-order chi connectivity index (χ0) is 14.5. The molecule has 1 aliphatic carbocycles. The number of hydrogen-bond acceptors (Lipinski definition) is 4. The van der Waals surface area contributed by atoms with Gasteiger partial charge in [0.25, 0.3) is 0 Å². The van der Waals surface area contributed by atoms with Crippen molar-refractivity contribution in [3.05, 3.63) is 11.6 Å². The van der Waals surface area contributed by atoms with E-state index in [9.17, 15) is 5.11 Å². The van der Waals surface area contributed by atoms with Crippen LogP contribution in [0.25, 0.3) is 0 Å². The molecule has 0 aromatic heterocycles. The van der Waals surface area contributed by atoms with E-state index in [0.717, 1.165) is 25.9 Å². The number of rotatable bonds is 4. The van der Waals surface area contributed by atoms with E-state index in [2.05, 4.69) is 26.8 Å². The highest BCUT2D eigenvalue weighted by Gasteiger charge is 2.71. The summed E-state index contributed by atoms with van der Waals surface area (Å²) < 4.78 is 17.4. The van der Waals surface area contributed by atoms with Crippen LogP contribution in [-0.2, 0) is 14.2 Å². The fourth-order valence-electron chi connectivity index (χ4n) is 3.96. The molecule has 20 heavy (non-hydrogen) atoms. The first-order valence-electron chi connectivity index (χ1n) is 7.59. The maximum Gasteiger partial charge on any atom is 0.101 e. The van der Waals surface area contributed by atoms with Crippen molar-refractivity contribution in [2.75, 3.05) is 13.7 Å². The molecule has 6 atom stereocenters. The van der Waals surface area contributed by atoms with Crippen LogP contribution < -0.4 is 0 Å². The van der Waals surface area contributed by atoms with E-state index in [0.29, 0.717) is 0 Å². The van der Waals surface area contributed by atoms with Gasteiger partial charge in [-0.3, -0.25) is 0 Å². The highest BCUT2D eigenvalue weighted by molar-refractivity contribution is 5.20. The number of aliphatic hydroxyl groups excluding tert-OH is 1. The Balaban J connectivity index is 1.78. The number of methoxy groups -OCH3 is 1. The third kappa shape index (κ3) is 2.23. The summed E-state index contributed by atoms with van der Waals surface area (Å²) in [6.07, 6.45) is 4.43. The molecule has 5 unspecified atom stereocenters. The van der Waals surface area contributed by atoms with Gasteiger partial charge in [-0.05, 0) is 40.0 Å². The molecule has 2 aliphatic heterocycles. The number of epoxide rings is 2. The van der Waals surface area contributed by atoms with E-state index in [4.69, 9.17) is 14.2 Å². The van der Waals surface area contributed by atoms with E-state index >= 15 is 0 Å². The van der Waals surface area contributed by atoms with Gasteiger partial charge < -0.3 is 19.3 Å². The predicted octanol–water partition coefficient (Wildman–Crippen LogP) is 2.06. The minimum absolute atomic E-state index is 0.117. The van der Waals surface area contributed by atoms with Crippen molar-refractivity contribution in [1.29, 1.82) is 0 Å². The molecule has 0 bridgehead atoms. The summed E-state index contributed by atoms with van der Waals surface area (Å²) in [5.41, 5.74) is 0.964. The van der Waals surface area contributed by atoms with Crippen molar-refractivity contribution in [1.82, 2.24) is 0 Å². The lowest BCUT2D eigenvalue weighted by molar-refractivity contribution is -0.116. The third-order valence-electron chi connectivity index (χ3n) is 5.26.